The Morgan fingerprint density at radius 2 is 2.11 bits per heavy atom. The summed E-state index contributed by atoms with van der Waals surface area (Å²) < 4.78 is 5.32. The number of hydrazine groups is 1. The molecule has 0 aliphatic carbocycles. The first-order chi connectivity index (χ1) is 8.70. The van der Waals surface area contributed by atoms with E-state index < -0.39 is 4.92 Å². The first-order valence-electron chi connectivity index (χ1n) is 4.91. The maximum absolute atomic E-state index is 10.8. The van der Waals surface area contributed by atoms with Gasteiger partial charge in [0.15, 0.2) is 0 Å². The van der Waals surface area contributed by atoms with E-state index in [-0.39, 0.29) is 23.3 Å². The molecule has 0 unspecified atom stereocenters. The van der Waals surface area contributed by atoms with Crippen molar-refractivity contribution in [2.45, 2.75) is 0 Å². The zero-order chi connectivity index (χ0) is 13.0. The number of nitrogens with one attached hydrogen (secondary N) is 1. The first-order valence-corrected chi connectivity index (χ1v) is 4.91. The van der Waals surface area contributed by atoms with Crippen LogP contribution in [0.1, 0.15) is 0 Å². The van der Waals surface area contributed by atoms with Gasteiger partial charge < -0.3 is 4.74 Å². The van der Waals surface area contributed by atoms with E-state index in [1.807, 2.05) is 0 Å². The first kappa shape index (κ1) is 11.7. The van der Waals surface area contributed by atoms with E-state index in [0.29, 0.717) is 0 Å². The number of aromatic nitrogens is 2. The zero-order valence-corrected chi connectivity index (χ0v) is 9.11. The van der Waals surface area contributed by atoms with Crippen LogP contribution in [0.15, 0.2) is 36.5 Å². The van der Waals surface area contributed by atoms with Crippen LogP contribution in [0.25, 0.3) is 0 Å². The number of para-hydroxylation sites is 2. The van der Waals surface area contributed by atoms with Crippen LogP contribution in [0.2, 0.25) is 0 Å². The second-order valence-corrected chi connectivity index (χ2v) is 3.19. The van der Waals surface area contributed by atoms with Crippen LogP contribution < -0.4 is 16.0 Å². The predicted octanol–water partition coefficient (Wildman–Crippen LogP) is 1.46. The molecule has 8 heteroatoms. The molecule has 92 valence electrons. The number of ether oxygens (including phenoxy) is 1. The normalized spacial score (nSPS) is 9.83. The van der Waals surface area contributed by atoms with E-state index in [2.05, 4.69) is 15.4 Å². The highest BCUT2D eigenvalue weighted by molar-refractivity contribution is 5.47. The molecule has 1 aromatic heterocycles. The molecule has 0 amide bonds. The highest BCUT2D eigenvalue weighted by atomic mass is 16.6. The third-order valence-corrected chi connectivity index (χ3v) is 2.04. The van der Waals surface area contributed by atoms with Gasteiger partial charge in [-0.1, -0.05) is 12.1 Å². The lowest BCUT2D eigenvalue weighted by Gasteiger charge is -2.05. The van der Waals surface area contributed by atoms with E-state index in [9.17, 15) is 10.1 Å². The fraction of sp³-hybridized carbons (Fsp3) is 0. The quantitative estimate of drug-likeness (QED) is 0.477. The number of rotatable bonds is 4. The van der Waals surface area contributed by atoms with Crippen molar-refractivity contribution in [3.05, 3.63) is 46.6 Å². The van der Waals surface area contributed by atoms with Crippen LogP contribution in [0.3, 0.4) is 0 Å². The molecule has 3 N–H and O–H groups in total. The summed E-state index contributed by atoms with van der Waals surface area (Å²) in [6.45, 7) is 0. The minimum absolute atomic E-state index is 0.101. The van der Waals surface area contributed by atoms with Crippen LogP contribution in [-0.2, 0) is 0 Å². The minimum atomic E-state index is -0.529. The number of nitro benzene ring substituents is 1. The van der Waals surface area contributed by atoms with Crippen LogP contribution >= 0.6 is 0 Å². The van der Waals surface area contributed by atoms with E-state index in [1.54, 1.807) is 12.1 Å². The number of anilines is 1. The standard InChI is InChI=1S/C10H9N5O3/c11-14-10-12-6-5-9(13-10)18-8-4-2-1-3-7(8)15(16)17/h1-6H,11H2,(H,12,13,14). The Kier molecular flexibility index (Phi) is 3.30. The van der Waals surface area contributed by atoms with Crippen LogP contribution in [0.5, 0.6) is 11.6 Å². The molecule has 0 radical (unpaired) electrons. The molecule has 0 atom stereocenters. The van der Waals surface area contributed by atoms with Gasteiger partial charge in [0, 0.05) is 18.3 Å². The Balaban J connectivity index is 2.31. The van der Waals surface area contributed by atoms with Crippen molar-refractivity contribution in [3.63, 3.8) is 0 Å². The number of hydrogen-bond acceptors (Lipinski definition) is 7. The van der Waals surface area contributed by atoms with Gasteiger partial charge in [-0.25, -0.2) is 10.8 Å². The largest absolute Gasteiger partial charge is 0.432 e. The summed E-state index contributed by atoms with van der Waals surface area (Å²) in [5.74, 6) is 5.57. The lowest BCUT2D eigenvalue weighted by molar-refractivity contribution is -0.385. The predicted molar refractivity (Wildman–Crippen MR) is 63.0 cm³/mol. The van der Waals surface area contributed by atoms with Gasteiger partial charge in [0.2, 0.25) is 17.6 Å². The molecule has 2 rings (SSSR count). The summed E-state index contributed by atoms with van der Waals surface area (Å²) in [5, 5.41) is 10.8. The smallest absolute Gasteiger partial charge is 0.311 e. The summed E-state index contributed by atoms with van der Waals surface area (Å²) >= 11 is 0. The molecule has 0 saturated heterocycles. The third kappa shape index (κ3) is 2.50. The van der Waals surface area contributed by atoms with Crippen LogP contribution in [-0.4, -0.2) is 14.9 Å². The lowest BCUT2D eigenvalue weighted by Crippen LogP contribution is -2.10. The van der Waals surface area contributed by atoms with Crippen molar-refractivity contribution >= 4 is 11.6 Å². The van der Waals surface area contributed by atoms with Gasteiger partial charge in [0.1, 0.15) is 0 Å². The van der Waals surface area contributed by atoms with Crippen molar-refractivity contribution in [3.8, 4) is 11.6 Å². The molecule has 0 spiro atoms. The Hall–Kier alpha value is -2.74. The minimum Gasteiger partial charge on any atom is -0.432 e. The summed E-state index contributed by atoms with van der Waals surface area (Å²) in [6.07, 6.45) is 1.42. The molecule has 0 aliphatic rings. The lowest BCUT2D eigenvalue weighted by atomic mass is 10.3. The molecule has 0 fully saturated rings. The number of nitrogen functional groups attached to an aromatic ring is 1. The van der Waals surface area contributed by atoms with Crippen molar-refractivity contribution in [2.24, 2.45) is 5.84 Å². The Morgan fingerprint density at radius 3 is 2.83 bits per heavy atom. The number of benzene rings is 1. The summed E-state index contributed by atoms with van der Waals surface area (Å²) in [6, 6.07) is 7.48. The summed E-state index contributed by atoms with van der Waals surface area (Å²) in [7, 11) is 0. The highest BCUT2D eigenvalue weighted by Crippen LogP contribution is 2.29. The van der Waals surface area contributed by atoms with Gasteiger partial charge in [-0.2, -0.15) is 4.98 Å². The number of hydrogen-bond donors (Lipinski definition) is 2. The fourth-order valence-corrected chi connectivity index (χ4v) is 1.28. The SMILES string of the molecule is NNc1nccc(Oc2ccccc2[N+](=O)[O-])n1. The molecule has 0 saturated carbocycles. The zero-order valence-electron chi connectivity index (χ0n) is 9.11. The van der Waals surface area contributed by atoms with E-state index in [4.69, 9.17) is 10.6 Å². The van der Waals surface area contributed by atoms with Crippen LogP contribution in [0, 0.1) is 10.1 Å². The van der Waals surface area contributed by atoms with Crippen LogP contribution in [0.4, 0.5) is 11.6 Å². The topological polar surface area (TPSA) is 116 Å². The van der Waals surface area contributed by atoms with Gasteiger partial charge in [-0.05, 0) is 6.07 Å². The number of nitrogens with two attached hydrogens (primary N) is 1. The summed E-state index contributed by atoms with van der Waals surface area (Å²) in [4.78, 5) is 18.0. The van der Waals surface area contributed by atoms with Gasteiger partial charge in [0.05, 0.1) is 4.92 Å². The molecule has 1 heterocycles. The Morgan fingerprint density at radius 1 is 1.33 bits per heavy atom. The molecular weight excluding hydrogens is 238 g/mol. The molecule has 8 nitrogen and oxygen atoms in total. The van der Waals surface area contributed by atoms with E-state index in [0.717, 1.165) is 0 Å². The second kappa shape index (κ2) is 5.06. The monoisotopic (exact) mass is 247 g/mol. The van der Waals surface area contributed by atoms with Gasteiger partial charge >= 0.3 is 5.69 Å². The number of nitro groups is 1. The maximum Gasteiger partial charge on any atom is 0.311 e. The highest BCUT2D eigenvalue weighted by Gasteiger charge is 2.14. The summed E-state index contributed by atoms with van der Waals surface area (Å²) in [5.41, 5.74) is 2.11. The Labute approximate surface area is 102 Å². The third-order valence-electron chi connectivity index (χ3n) is 2.04. The second-order valence-electron chi connectivity index (χ2n) is 3.19. The molecule has 0 bridgehead atoms. The number of nitrogens with zero attached hydrogens (tertiary/aromatic N) is 3. The van der Waals surface area contributed by atoms with Gasteiger partial charge in [-0.15, -0.1) is 0 Å². The van der Waals surface area contributed by atoms with Crippen molar-refractivity contribution in [1.82, 2.24) is 9.97 Å². The maximum atomic E-state index is 10.8. The molecule has 18 heavy (non-hydrogen) atoms. The average Bonchev–Trinajstić information content (AvgIpc) is 2.39. The van der Waals surface area contributed by atoms with Gasteiger partial charge in [0.25, 0.3) is 0 Å². The van der Waals surface area contributed by atoms with Crippen molar-refractivity contribution < 1.29 is 9.66 Å². The van der Waals surface area contributed by atoms with Gasteiger partial charge in [-0.3, -0.25) is 15.5 Å². The van der Waals surface area contributed by atoms with Crippen molar-refractivity contribution in [1.29, 1.82) is 0 Å². The fourth-order valence-electron chi connectivity index (χ4n) is 1.28. The average molecular weight is 247 g/mol. The Bertz CT molecular complexity index is 575. The van der Waals surface area contributed by atoms with E-state index in [1.165, 1.54) is 24.4 Å². The molecule has 2 aromatic rings. The van der Waals surface area contributed by atoms with E-state index >= 15 is 0 Å². The molecule has 0 aliphatic heterocycles. The van der Waals surface area contributed by atoms with Crippen molar-refractivity contribution in [2.75, 3.05) is 5.43 Å². The molecule has 1 aromatic carbocycles. The molecular formula is C10H9N5O3.